The molecule has 3 nitrogen and oxygen atoms in total. The number of alkyl halides is 3. The molecule has 0 aliphatic heterocycles. The van der Waals surface area contributed by atoms with Crippen LogP contribution in [0.5, 0.6) is 0 Å². The normalized spacial score (nSPS) is 17.8. The highest BCUT2D eigenvalue weighted by atomic mass is 32.2. The van der Waals surface area contributed by atoms with Gasteiger partial charge >= 0.3 is 6.18 Å². The van der Waals surface area contributed by atoms with Crippen molar-refractivity contribution in [3.05, 3.63) is 71.6 Å². The van der Waals surface area contributed by atoms with Gasteiger partial charge in [0.25, 0.3) is 0 Å². The second kappa shape index (κ2) is 6.39. The lowest BCUT2D eigenvalue weighted by atomic mass is 9.97. The summed E-state index contributed by atoms with van der Waals surface area (Å²) in [7, 11) is -3.34. The maximum atomic E-state index is 12.7. The summed E-state index contributed by atoms with van der Waals surface area (Å²) in [6, 6.07) is 8.06. The number of benzene rings is 1. The number of halogens is 3. The molecule has 1 aliphatic rings. The third-order valence-corrected chi connectivity index (χ3v) is 5.21. The molecule has 7 heteroatoms. The summed E-state index contributed by atoms with van der Waals surface area (Å²) in [4.78, 5) is 4.34. The zero-order valence-corrected chi connectivity index (χ0v) is 14.9. The largest absolute Gasteiger partial charge is 0.416 e. The van der Waals surface area contributed by atoms with Crippen LogP contribution in [0.15, 0.2) is 59.6 Å². The second-order valence-corrected chi connectivity index (χ2v) is 8.26. The predicted molar refractivity (Wildman–Crippen MR) is 93.9 cm³/mol. The third kappa shape index (κ3) is 3.72. The number of sulfone groups is 1. The third-order valence-electron chi connectivity index (χ3n) is 4.11. The molecule has 1 aromatic carbocycles. The number of allylic oxidation sites excluding steroid dienone is 4. The molecule has 1 unspecified atom stereocenters. The van der Waals surface area contributed by atoms with Gasteiger partial charge < -0.3 is 0 Å². The van der Waals surface area contributed by atoms with Crippen molar-refractivity contribution in [2.24, 2.45) is 5.92 Å². The molecule has 26 heavy (non-hydrogen) atoms. The van der Waals surface area contributed by atoms with E-state index in [9.17, 15) is 21.6 Å². The average Bonchev–Trinajstić information content (AvgIpc) is 2.95. The van der Waals surface area contributed by atoms with E-state index in [-0.39, 0.29) is 10.8 Å². The number of pyridine rings is 1. The first kappa shape index (κ1) is 18.4. The summed E-state index contributed by atoms with van der Waals surface area (Å²) < 4.78 is 61.4. The molecular weight excluding hydrogens is 363 g/mol. The number of rotatable bonds is 3. The van der Waals surface area contributed by atoms with Crippen LogP contribution in [0.1, 0.15) is 23.7 Å². The average molecular weight is 379 g/mol. The van der Waals surface area contributed by atoms with E-state index in [2.05, 4.69) is 4.98 Å². The molecule has 0 saturated carbocycles. The van der Waals surface area contributed by atoms with Gasteiger partial charge in [-0.05, 0) is 41.3 Å². The molecule has 1 atom stereocenters. The van der Waals surface area contributed by atoms with E-state index in [0.29, 0.717) is 11.3 Å². The molecule has 1 aliphatic carbocycles. The van der Waals surface area contributed by atoms with Gasteiger partial charge in [0.15, 0.2) is 9.84 Å². The van der Waals surface area contributed by atoms with Crippen LogP contribution in [0.3, 0.4) is 0 Å². The Bertz CT molecular complexity index is 987. The van der Waals surface area contributed by atoms with Crippen LogP contribution in [0.4, 0.5) is 13.2 Å². The smallest absolute Gasteiger partial charge is 0.255 e. The Morgan fingerprint density at radius 2 is 1.58 bits per heavy atom. The van der Waals surface area contributed by atoms with Crippen molar-refractivity contribution in [2.45, 2.75) is 18.0 Å². The summed E-state index contributed by atoms with van der Waals surface area (Å²) in [5, 5.41) is 0. The quantitative estimate of drug-likeness (QED) is 0.782. The number of hydrogen-bond acceptors (Lipinski definition) is 3. The van der Waals surface area contributed by atoms with Gasteiger partial charge in [-0.1, -0.05) is 31.2 Å². The summed E-state index contributed by atoms with van der Waals surface area (Å²) in [6.07, 6.45) is 1.92. The first-order valence-electron chi connectivity index (χ1n) is 7.84. The highest BCUT2D eigenvalue weighted by Gasteiger charge is 2.30. The Labute approximate surface area is 149 Å². The Morgan fingerprint density at radius 1 is 0.962 bits per heavy atom. The zero-order chi connectivity index (χ0) is 19.1. The van der Waals surface area contributed by atoms with Crippen molar-refractivity contribution in [3.8, 4) is 0 Å². The van der Waals surface area contributed by atoms with E-state index in [4.69, 9.17) is 0 Å². The molecule has 0 amide bonds. The van der Waals surface area contributed by atoms with Gasteiger partial charge in [0.2, 0.25) is 0 Å². The Hall–Kier alpha value is -2.41. The highest BCUT2D eigenvalue weighted by molar-refractivity contribution is 7.90. The fourth-order valence-electron chi connectivity index (χ4n) is 2.83. The monoisotopic (exact) mass is 379 g/mol. The molecule has 3 rings (SSSR count). The minimum absolute atomic E-state index is 0.0960. The minimum Gasteiger partial charge on any atom is -0.255 e. The first-order valence-corrected chi connectivity index (χ1v) is 9.73. The van der Waals surface area contributed by atoms with Gasteiger partial charge in [0.1, 0.15) is 0 Å². The molecule has 136 valence electrons. The Kier molecular flexibility index (Phi) is 4.52. The summed E-state index contributed by atoms with van der Waals surface area (Å²) >= 11 is 0. The molecular formula is C19H16F3NO2S. The number of hydrogen-bond donors (Lipinski definition) is 0. The van der Waals surface area contributed by atoms with Crippen LogP contribution in [0, 0.1) is 5.92 Å². The SMILES string of the molecule is CC1C=C(c2ccc(C(F)(F)F)cc2)C(c2ccc(S(C)(=O)=O)cn2)=C1. The van der Waals surface area contributed by atoms with Crippen molar-refractivity contribution in [1.29, 1.82) is 0 Å². The highest BCUT2D eigenvalue weighted by Crippen LogP contribution is 2.39. The predicted octanol–water partition coefficient (Wildman–Crippen LogP) is 4.62. The second-order valence-electron chi connectivity index (χ2n) is 6.25. The zero-order valence-electron chi connectivity index (χ0n) is 14.1. The standard InChI is InChI=1S/C19H16F3NO2S/c1-12-9-16(13-3-5-14(6-4-13)19(20,21)22)17(10-12)18-8-7-15(11-23-18)26(2,24)25/h3-12H,1-2H3. The fraction of sp³-hybridized carbons (Fsp3) is 0.211. The van der Waals surface area contributed by atoms with E-state index in [1.807, 2.05) is 19.1 Å². The Morgan fingerprint density at radius 3 is 2.08 bits per heavy atom. The molecule has 0 fully saturated rings. The lowest BCUT2D eigenvalue weighted by molar-refractivity contribution is -0.137. The van der Waals surface area contributed by atoms with E-state index >= 15 is 0 Å². The lowest BCUT2D eigenvalue weighted by Gasteiger charge is -2.11. The van der Waals surface area contributed by atoms with Crippen LogP contribution >= 0.6 is 0 Å². The van der Waals surface area contributed by atoms with Gasteiger partial charge in [-0.3, -0.25) is 4.98 Å². The van der Waals surface area contributed by atoms with Gasteiger partial charge in [-0.15, -0.1) is 0 Å². The lowest BCUT2D eigenvalue weighted by Crippen LogP contribution is -2.04. The van der Waals surface area contributed by atoms with Crippen molar-refractivity contribution >= 4 is 21.0 Å². The summed E-state index contributed by atoms with van der Waals surface area (Å²) in [5.41, 5.74) is 2.09. The first-order chi connectivity index (χ1) is 12.1. The van der Waals surface area contributed by atoms with Crippen molar-refractivity contribution in [2.75, 3.05) is 6.26 Å². The van der Waals surface area contributed by atoms with Crippen LogP contribution in [0.25, 0.3) is 11.1 Å². The molecule has 2 aromatic rings. The van der Waals surface area contributed by atoms with Gasteiger partial charge in [-0.2, -0.15) is 13.2 Å². The van der Waals surface area contributed by atoms with Gasteiger partial charge in [0, 0.05) is 18.0 Å². The van der Waals surface area contributed by atoms with E-state index in [1.54, 1.807) is 6.07 Å². The fourth-order valence-corrected chi connectivity index (χ4v) is 3.39. The van der Waals surface area contributed by atoms with E-state index in [0.717, 1.165) is 29.5 Å². The van der Waals surface area contributed by atoms with Crippen LogP contribution in [-0.4, -0.2) is 19.7 Å². The maximum Gasteiger partial charge on any atom is 0.416 e. The number of nitrogens with zero attached hydrogens (tertiary/aromatic N) is 1. The van der Waals surface area contributed by atoms with E-state index in [1.165, 1.54) is 24.4 Å². The van der Waals surface area contributed by atoms with E-state index < -0.39 is 21.6 Å². The Balaban J connectivity index is 1.96. The van der Waals surface area contributed by atoms with Crippen molar-refractivity contribution < 1.29 is 21.6 Å². The summed E-state index contributed by atoms with van der Waals surface area (Å²) in [5.74, 6) is 0.0960. The molecule has 0 saturated heterocycles. The van der Waals surface area contributed by atoms with Crippen LogP contribution < -0.4 is 0 Å². The molecule has 0 spiro atoms. The van der Waals surface area contributed by atoms with Gasteiger partial charge in [0.05, 0.1) is 16.2 Å². The molecule has 0 radical (unpaired) electrons. The molecule has 0 N–H and O–H groups in total. The van der Waals surface area contributed by atoms with Crippen LogP contribution in [-0.2, 0) is 16.0 Å². The summed E-state index contributed by atoms with van der Waals surface area (Å²) in [6.45, 7) is 1.96. The van der Waals surface area contributed by atoms with Crippen LogP contribution in [0.2, 0.25) is 0 Å². The topological polar surface area (TPSA) is 47.0 Å². The van der Waals surface area contributed by atoms with Crippen molar-refractivity contribution in [3.63, 3.8) is 0 Å². The molecule has 0 bridgehead atoms. The minimum atomic E-state index is -4.38. The molecule has 1 heterocycles. The molecule has 1 aromatic heterocycles. The van der Waals surface area contributed by atoms with Gasteiger partial charge in [-0.25, -0.2) is 8.42 Å². The number of aromatic nitrogens is 1. The maximum absolute atomic E-state index is 12.7. The van der Waals surface area contributed by atoms with Crippen molar-refractivity contribution in [1.82, 2.24) is 4.98 Å².